The van der Waals surface area contributed by atoms with Crippen LogP contribution in [0, 0.1) is 0 Å². The Bertz CT molecular complexity index is 2030. The first-order chi connectivity index (χ1) is 47.3. The number of hydrogen-bond acceptors (Lipinski definition) is 23. The van der Waals surface area contributed by atoms with Gasteiger partial charge in [-0.2, -0.15) is 0 Å². The van der Waals surface area contributed by atoms with Crippen LogP contribution >= 0.6 is 7.82 Å². The van der Waals surface area contributed by atoms with Crippen LogP contribution in [0.1, 0.15) is 316 Å². The van der Waals surface area contributed by atoms with E-state index in [4.69, 9.17) is 42.2 Å². The van der Waals surface area contributed by atoms with Crippen molar-refractivity contribution >= 4 is 25.7 Å². The van der Waals surface area contributed by atoms with Crippen LogP contribution < -0.4 is 0 Å². The Hall–Kier alpha value is -2.04. The fourth-order valence-corrected chi connectivity index (χ4v) is 14.0. The highest BCUT2D eigenvalue weighted by molar-refractivity contribution is 7.47. The molecule has 0 aromatic rings. The van der Waals surface area contributed by atoms with Gasteiger partial charge in [-0.3, -0.25) is 23.4 Å². The van der Waals surface area contributed by atoms with Crippen LogP contribution in [-0.2, 0) is 61.2 Å². The minimum absolute atomic E-state index is 0.0328. The third kappa shape index (κ3) is 38.1. The van der Waals surface area contributed by atoms with Gasteiger partial charge in [0.2, 0.25) is 0 Å². The van der Waals surface area contributed by atoms with Gasteiger partial charge in [-0.15, -0.1) is 0 Å². The summed E-state index contributed by atoms with van der Waals surface area (Å²) in [6, 6.07) is 0. The van der Waals surface area contributed by atoms with Crippen LogP contribution in [0.4, 0.5) is 0 Å². The first-order valence-electron chi connectivity index (χ1n) is 38.8. The molecule has 0 aromatic heterocycles. The first-order valence-corrected chi connectivity index (χ1v) is 40.3. The molecule has 0 radical (unpaired) electrons. The Morgan fingerprint density at radius 1 is 0.357 bits per heavy atom. The van der Waals surface area contributed by atoms with E-state index in [1.807, 2.05) is 0 Å². The average Bonchev–Trinajstić information content (AvgIpc) is 0.762. The molecule has 0 amide bonds. The van der Waals surface area contributed by atoms with E-state index in [1.165, 1.54) is 167 Å². The fourth-order valence-electron chi connectivity index (χ4n) is 13.1. The van der Waals surface area contributed by atoms with Crippen LogP contribution in [0.2, 0.25) is 0 Å². The molecule has 98 heavy (non-hydrogen) atoms. The molecule has 18 atom stereocenters. The van der Waals surface area contributed by atoms with Gasteiger partial charge < -0.3 is 89.1 Å². The molecular weight excluding hydrogens is 1290 g/mol. The summed E-state index contributed by atoms with van der Waals surface area (Å²) in [6.45, 7) is 3.48. The van der Waals surface area contributed by atoms with Gasteiger partial charge in [0.25, 0.3) is 0 Å². The number of hydrogen-bond donors (Lipinski definition) is 11. The van der Waals surface area contributed by atoms with Crippen molar-refractivity contribution in [3.63, 3.8) is 0 Å². The maximum atomic E-state index is 14.3. The summed E-state index contributed by atoms with van der Waals surface area (Å²) >= 11 is 0. The number of unbranched alkanes of at least 4 members (excludes halogenated alkanes) is 40. The van der Waals surface area contributed by atoms with Gasteiger partial charge >= 0.3 is 25.7 Å². The van der Waals surface area contributed by atoms with Crippen LogP contribution in [0.15, 0.2) is 0 Å². The summed E-state index contributed by atoms with van der Waals surface area (Å²) in [4.78, 5) is 51.0. The Kier molecular flexibility index (Phi) is 51.0. The summed E-state index contributed by atoms with van der Waals surface area (Å²) in [5.74, 6) is -1.97. The third-order valence-corrected chi connectivity index (χ3v) is 20.4. The molecule has 0 aromatic carbocycles. The molecule has 0 spiro atoms. The van der Waals surface area contributed by atoms with E-state index >= 15 is 0 Å². The number of aliphatic hydroxyl groups is 10. The molecule has 2 heterocycles. The molecule has 11 N–H and O–H groups in total. The molecule has 0 bridgehead atoms. The van der Waals surface area contributed by atoms with Crippen molar-refractivity contribution in [2.75, 3.05) is 26.4 Å². The zero-order valence-corrected chi connectivity index (χ0v) is 61.2. The zero-order valence-electron chi connectivity index (χ0n) is 60.3. The van der Waals surface area contributed by atoms with E-state index in [0.717, 1.165) is 89.9 Å². The van der Waals surface area contributed by atoms with E-state index in [-0.39, 0.29) is 19.3 Å². The molecule has 3 aliphatic rings. The van der Waals surface area contributed by atoms with Crippen molar-refractivity contribution in [3.8, 4) is 0 Å². The predicted octanol–water partition coefficient (Wildman–Crippen LogP) is 11.0. The minimum Gasteiger partial charge on any atom is -0.463 e. The summed E-state index contributed by atoms with van der Waals surface area (Å²) in [6.07, 6.45) is 13.0. The van der Waals surface area contributed by atoms with Crippen LogP contribution in [0.3, 0.4) is 0 Å². The summed E-state index contributed by atoms with van der Waals surface area (Å²) in [5.41, 5.74) is 0. The van der Waals surface area contributed by atoms with Crippen molar-refractivity contribution in [2.45, 2.75) is 420 Å². The van der Waals surface area contributed by atoms with E-state index in [2.05, 4.69) is 20.8 Å². The van der Waals surface area contributed by atoms with Gasteiger partial charge in [0.05, 0.1) is 13.2 Å². The smallest absolute Gasteiger partial charge is 0.463 e. The normalized spacial score (nSPS) is 27.6. The lowest BCUT2D eigenvalue weighted by Gasteiger charge is -2.49. The number of carbonyl (C=O) groups excluding carboxylic acids is 3. The Labute approximate surface area is 587 Å². The number of esters is 3. The third-order valence-electron chi connectivity index (χ3n) is 19.4. The summed E-state index contributed by atoms with van der Waals surface area (Å²) in [5, 5.41) is 110. The van der Waals surface area contributed by atoms with Crippen LogP contribution in [0.25, 0.3) is 0 Å². The Balaban J connectivity index is 1.72. The van der Waals surface area contributed by atoms with Gasteiger partial charge in [-0.25, -0.2) is 4.57 Å². The van der Waals surface area contributed by atoms with E-state index in [1.54, 1.807) is 0 Å². The molecule has 3 fully saturated rings. The topological polar surface area (TPSA) is 374 Å². The number of rotatable bonds is 61. The molecule has 24 nitrogen and oxygen atoms in total. The highest BCUT2D eigenvalue weighted by Crippen LogP contribution is 2.49. The molecule has 3 rings (SSSR count). The Morgan fingerprint density at radius 2 is 0.653 bits per heavy atom. The molecule has 1 aliphatic carbocycles. The van der Waals surface area contributed by atoms with Crippen molar-refractivity contribution in [1.29, 1.82) is 0 Å². The molecule has 25 heteroatoms. The largest absolute Gasteiger partial charge is 0.472 e. The minimum atomic E-state index is -5.69. The second kappa shape index (κ2) is 55.4. The molecule has 1 saturated carbocycles. The van der Waals surface area contributed by atoms with E-state index < -0.39 is 156 Å². The fraction of sp³-hybridized carbons (Fsp3) is 0.959. The lowest BCUT2D eigenvalue weighted by Crippen LogP contribution is -2.69. The van der Waals surface area contributed by atoms with Gasteiger partial charge in [0.1, 0.15) is 98.7 Å². The highest BCUT2D eigenvalue weighted by atomic mass is 31.2. The molecule has 18 unspecified atom stereocenters. The van der Waals surface area contributed by atoms with Gasteiger partial charge in [-0.1, -0.05) is 278 Å². The molecule has 578 valence electrons. The quantitative estimate of drug-likeness (QED) is 0.0117. The monoisotopic (exact) mass is 1430 g/mol. The summed E-state index contributed by atoms with van der Waals surface area (Å²) in [7, 11) is -5.69. The molecule has 2 aliphatic heterocycles. The van der Waals surface area contributed by atoms with Crippen molar-refractivity contribution in [1.82, 2.24) is 0 Å². The SMILES string of the molecule is CCCCCCCCCCCCCCCCCCC(=O)OC(COC(=O)CCCCCCCCCCCCCCC)COP(=O)(O)OC1C(OC2OC(CO)C(O)C(O)C2O)C(O)C(O)C(O)C1OC1OC(COC(=O)CCCCCCCCCCCCCCCC)C(O)C(O)C1O. The van der Waals surface area contributed by atoms with Crippen LogP contribution in [-0.4, -0.2) is 204 Å². The van der Waals surface area contributed by atoms with E-state index in [0.29, 0.717) is 19.3 Å². The Morgan fingerprint density at radius 3 is 1.00 bits per heavy atom. The van der Waals surface area contributed by atoms with Crippen molar-refractivity contribution in [2.24, 2.45) is 0 Å². The molecular formula is C73H137O24P. The second-order valence-electron chi connectivity index (χ2n) is 28.1. The molecule has 2 saturated heterocycles. The maximum absolute atomic E-state index is 14.3. The second-order valence-corrected chi connectivity index (χ2v) is 29.5. The number of phosphoric ester groups is 1. The van der Waals surface area contributed by atoms with Gasteiger partial charge in [-0.05, 0) is 19.3 Å². The van der Waals surface area contributed by atoms with Crippen LogP contribution in [0.5, 0.6) is 0 Å². The maximum Gasteiger partial charge on any atom is 0.472 e. The first kappa shape index (κ1) is 90.2. The number of aliphatic hydroxyl groups excluding tert-OH is 10. The predicted molar refractivity (Wildman–Crippen MR) is 370 cm³/mol. The summed E-state index contributed by atoms with van der Waals surface area (Å²) < 4.78 is 65.1. The van der Waals surface area contributed by atoms with E-state index in [9.17, 15) is 74.9 Å². The van der Waals surface area contributed by atoms with Gasteiger partial charge in [0.15, 0.2) is 18.7 Å². The number of phosphoric acid groups is 1. The highest BCUT2D eigenvalue weighted by Gasteiger charge is 2.58. The standard InChI is InChI=1S/C73H137O24P/c1-4-7-10-13-16-19-22-25-27-28-31-34-37-40-43-46-49-59(77)92-54(51-89-57(75)47-44-41-38-35-32-29-24-21-18-15-12-9-6-3)52-91-98(87,88)97-71-69(95-72-67(85)62(80)60(78)55(50-74)93-72)65(83)64(82)66(84)70(71)96-73-68(86)63(81)61(79)56(94-73)53-90-58(76)48-45-42-39-36-33-30-26-23-20-17-14-11-8-5-2/h54-56,60-74,78-86H,4-53H2,1-3H3,(H,87,88). The van der Waals surface area contributed by atoms with Crippen molar-refractivity contribution < 1.29 is 117 Å². The van der Waals surface area contributed by atoms with Crippen molar-refractivity contribution in [3.05, 3.63) is 0 Å². The van der Waals surface area contributed by atoms with Gasteiger partial charge in [0, 0.05) is 19.3 Å². The lowest BCUT2D eigenvalue weighted by molar-refractivity contribution is -0.360. The average molecular weight is 1430 g/mol. The zero-order chi connectivity index (χ0) is 71.8. The lowest BCUT2D eigenvalue weighted by atomic mass is 9.84. The number of carbonyl (C=O) groups is 3. The number of ether oxygens (including phenoxy) is 7.